The van der Waals surface area contributed by atoms with E-state index in [2.05, 4.69) is 36.4 Å². The summed E-state index contributed by atoms with van der Waals surface area (Å²) in [5.74, 6) is 3.45. The lowest BCUT2D eigenvalue weighted by Gasteiger charge is -2.38. The number of pyridine rings is 1. The fraction of sp³-hybridized carbons (Fsp3) is 0.407. The van der Waals surface area contributed by atoms with Gasteiger partial charge in [-0.1, -0.05) is 6.07 Å². The summed E-state index contributed by atoms with van der Waals surface area (Å²) in [5, 5.41) is 13.4. The van der Waals surface area contributed by atoms with Crippen molar-refractivity contribution < 1.29 is 23.7 Å². The van der Waals surface area contributed by atoms with Crippen molar-refractivity contribution in [3.05, 3.63) is 63.7 Å². The Kier molecular flexibility index (Phi) is 6.46. The molecule has 7 rings (SSSR count). The Bertz CT molecular complexity index is 1600. The van der Waals surface area contributed by atoms with Crippen molar-refractivity contribution in [3.8, 4) is 23.0 Å². The second-order valence-corrected chi connectivity index (χ2v) is 10.0. The first kappa shape index (κ1) is 24.8. The molecule has 1 saturated heterocycles. The number of fused-ring (bicyclic) bond motifs is 3. The Morgan fingerprint density at radius 2 is 1.70 bits per heavy atom. The monoisotopic (exact) mass is 547 g/mol. The number of ether oxygens (including phenoxy) is 5. The van der Waals surface area contributed by atoms with Gasteiger partial charge in [-0.25, -0.2) is 4.68 Å². The Labute approximate surface area is 229 Å². The van der Waals surface area contributed by atoms with E-state index in [1.165, 1.54) is 5.56 Å². The number of methoxy groups -OCH3 is 1. The van der Waals surface area contributed by atoms with Crippen LogP contribution in [0.25, 0.3) is 10.9 Å². The Morgan fingerprint density at radius 1 is 0.950 bits per heavy atom. The number of nitrogens with zero attached hydrogens (tertiary/aromatic N) is 6. The fourth-order valence-corrected chi connectivity index (χ4v) is 5.54. The van der Waals surface area contributed by atoms with E-state index in [1.807, 2.05) is 24.3 Å². The summed E-state index contributed by atoms with van der Waals surface area (Å²) in [6, 6.07) is 11.2. The zero-order valence-corrected chi connectivity index (χ0v) is 22.0. The van der Waals surface area contributed by atoms with Gasteiger partial charge in [0.15, 0.2) is 28.8 Å². The van der Waals surface area contributed by atoms with Gasteiger partial charge in [-0.2, -0.15) is 0 Å². The standard InChI is InChI=1S/C27H29N7O6/c1-36-9-8-34-26(29-30-31-34)25(19-11-18-12-23-24(40-16-39-23)13-20(18)28-27(19)35)33-6-4-32(5-7-33)14-17-2-3-21-22(10-17)38-15-37-21/h2-3,10-13,25H,4-9,14-16H2,1H3,(H,28,35)/t25-/m1/s1. The van der Waals surface area contributed by atoms with Crippen molar-refractivity contribution in [2.45, 2.75) is 19.1 Å². The molecule has 0 spiro atoms. The molecule has 40 heavy (non-hydrogen) atoms. The summed E-state index contributed by atoms with van der Waals surface area (Å²) in [6.07, 6.45) is 0. The van der Waals surface area contributed by atoms with Crippen LogP contribution in [0.5, 0.6) is 23.0 Å². The molecule has 2 aromatic heterocycles. The van der Waals surface area contributed by atoms with E-state index >= 15 is 0 Å². The maximum Gasteiger partial charge on any atom is 0.253 e. The number of tetrazole rings is 1. The molecule has 0 radical (unpaired) electrons. The number of hydrogen-bond donors (Lipinski definition) is 1. The summed E-state index contributed by atoms with van der Waals surface area (Å²) < 4.78 is 29.1. The molecule has 0 bridgehead atoms. The number of nitrogens with one attached hydrogen (secondary N) is 1. The minimum Gasteiger partial charge on any atom is -0.454 e. The highest BCUT2D eigenvalue weighted by molar-refractivity contribution is 5.83. The zero-order valence-electron chi connectivity index (χ0n) is 22.0. The average molecular weight is 548 g/mol. The van der Waals surface area contributed by atoms with Gasteiger partial charge in [0.25, 0.3) is 5.56 Å². The second-order valence-electron chi connectivity index (χ2n) is 10.0. The summed E-state index contributed by atoms with van der Waals surface area (Å²) in [6.45, 7) is 5.23. The van der Waals surface area contributed by atoms with Crippen LogP contribution in [0.3, 0.4) is 0 Å². The number of rotatable bonds is 8. The first-order valence-electron chi connectivity index (χ1n) is 13.2. The van der Waals surface area contributed by atoms with Gasteiger partial charge in [0.2, 0.25) is 13.6 Å². The third-order valence-corrected chi connectivity index (χ3v) is 7.59. The minimum absolute atomic E-state index is 0.163. The molecule has 0 unspecified atom stereocenters. The molecular weight excluding hydrogens is 518 g/mol. The van der Waals surface area contributed by atoms with Crippen molar-refractivity contribution in [2.75, 3.05) is 53.5 Å². The molecule has 13 nitrogen and oxygen atoms in total. The quantitative estimate of drug-likeness (QED) is 0.345. The lowest BCUT2D eigenvalue weighted by Crippen LogP contribution is -2.48. The van der Waals surface area contributed by atoms with Gasteiger partial charge in [-0.05, 0) is 40.3 Å². The topological polar surface area (TPSA) is 129 Å². The largest absolute Gasteiger partial charge is 0.454 e. The predicted octanol–water partition coefficient (Wildman–Crippen LogP) is 1.53. The molecule has 1 fully saturated rings. The first-order chi connectivity index (χ1) is 19.7. The minimum atomic E-state index is -0.446. The van der Waals surface area contributed by atoms with Crippen LogP contribution in [0.15, 0.2) is 41.2 Å². The van der Waals surface area contributed by atoms with Crippen LogP contribution in [0, 0.1) is 0 Å². The number of benzene rings is 2. The van der Waals surface area contributed by atoms with E-state index in [1.54, 1.807) is 17.9 Å². The molecule has 3 aliphatic heterocycles. The maximum absolute atomic E-state index is 13.5. The SMILES string of the molecule is COCCn1nnnc1[C@@H](c1cc2cc3c(cc2[nH]c1=O)OCO3)N1CCN(Cc2ccc3c(c2)OCO3)CC1. The van der Waals surface area contributed by atoms with Gasteiger partial charge >= 0.3 is 0 Å². The third-order valence-electron chi connectivity index (χ3n) is 7.59. The molecule has 1 N–H and O–H groups in total. The molecule has 13 heteroatoms. The summed E-state index contributed by atoms with van der Waals surface area (Å²) >= 11 is 0. The summed E-state index contributed by atoms with van der Waals surface area (Å²) in [4.78, 5) is 21.3. The van der Waals surface area contributed by atoms with E-state index in [-0.39, 0.29) is 19.1 Å². The lowest BCUT2D eigenvalue weighted by atomic mass is 10.0. The molecule has 0 amide bonds. The van der Waals surface area contributed by atoms with E-state index < -0.39 is 6.04 Å². The van der Waals surface area contributed by atoms with Crippen molar-refractivity contribution in [2.24, 2.45) is 0 Å². The average Bonchev–Trinajstić information content (AvgIpc) is 3.73. The van der Waals surface area contributed by atoms with Gasteiger partial charge in [0.1, 0.15) is 6.04 Å². The van der Waals surface area contributed by atoms with E-state index in [0.29, 0.717) is 41.6 Å². The Balaban J connectivity index is 1.18. The lowest BCUT2D eigenvalue weighted by molar-refractivity contribution is 0.0984. The van der Waals surface area contributed by atoms with Gasteiger partial charge in [-0.3, -0.25) is 14.6 Å². The van der Waals surface area contributed by atoms with Gasteiger partial charge < -0.3 is 28.7 Å². The van der Waals surface area contributed by atoms with Crippen LogP contribution >= 0.6 is 0 Å². The predicted molar refractivity (Wildman–Crippen MR) is 142 cm³/mol. The number of aromatic nitrogens is 5. The fourth-order valence-electron chi connectivity index (χ4n) is 5.54. The van der Waals surface area contributed by atoms with E-state index in [9.17, 15) is 4.79 Å². The molecule has 4 aromatic rings. The van der Waals surface area contributed by atoms with Crippen LogP contribution in [0.4, 0.5) is 0 Å². The normalized spacial score (nSPS) is 17.5. The van der Waals surface area contributed by atoms with Crippen LogP contribution in [-0.4, -0.2) is 88.5 Å². The molecule has 1 atom stereocenters. The Morgan fingerprint density at radius 3 is 2.50 bits per heavy atom. The van der Waals surface area contributed by atoms with Gasteiger partial charge in [0, 0.05) is 56.8 Å². The van der Waals surface area contributed by atoms with Gasteiger partial charge in [0.05, 0.1) is 18.7 Å². The summed E-state index contributed by atoms with van der Waals surface area (Å²) in [5.41, 5.74) is 2.23. The molecule has 3 aliphatic rings. The number of aromatic amines is 1. The van der Waals surface area contributed by atoms with Crippen LogP contribution in [0.2, 0.25) is 0 Å². The highest BCUT2D eigenvalue weighted by Gasteiger charge is 2.33. The highest BCUT2D eigenvalue weighted by atomic mass is 16.7. The van der Waals surface area contributed by atoms with E-state index in [4.69, 9.17) is 23.7 Å². The molecule has 208 valence electrons. The third kappa shape index (κ3) is 4.61. The first-order valence-corrected chi connectivity index (χ1v) is 13.2. The molecule has 0 saturated carbocycles. The van der Waals surface area contributed by atoms with Crippen molar-refractivity contribution in [1.29, 1.82) is 0 Å². The highest BCUT2D eigenvalue weighted by Crippen LogP contribution is 2.37. The van der Waals surface area contributed by atoms with Crippen LogP contribution in [-0.2, 0) is 17.8 Å². The van der Waals surface area contributed by atoms with E-state index in [0.717, 1.165) is 49.6 Å². The van der Waals surface area contributed by atoms with Crippen LogP contribution < -0.4 is 24.5 Å². The molecule has 2 aromatic carbocycles. The maximum atomic E-state index is 13.5. The second kappa shape index (κ2) is 10.4. The summed E-state index contributed by atoms with van der Waals surface area (Å²) in [7, 11) is 1.64. The smallest absolute Gasteiger partial charge is 0.253 e. The molecule has 0 aliphatic carbocycles. The Hall–Kier alpha value is -4.20. The molecule has 5 heterocycles. The van der Waals surface area contributed by atoms with Gasteiger partial charge in [-0.15, -0.1) is 5.10 Å². The van der Waals surface area contributed by atoms with Crippen molar-refractivity contribution in [1.82, 2.24) is 35.0 Å². The molecular formula is C27H29N7O6. The zero-order chi connectivity index (χ0) is 27.1. The van der Waals surface area contributed by atoms with Crippen molar-refractivity contribution >= 4 is 10.9 Å². The van der Waals surface area contributed by atoms with Crippen LogP contribution in [0.1, 0.15) is 23.0 Å². The number of piperazine rings is 1. The number of H-pyrrole nitrogens is 1. The van der Waals surface area contributed by atoms with Crippen molar-refractivity contribution in [3.63, 3.8) is 0 Å². The number of hydrogen-bond acceptors (Lipinski definition) is 11.